The third-order valence-electron chi connectivity index (χ3n) is 3.46. The van der Waals surface area contributed by atoms with Crippen molar-refractivity contribution in [3.05, 3.63) is 71.8 Å². The highest BCUT2D eigenvalue weighted by Gasteiger charge is 2.09. The summed E-state index contributed by atoms with van der Waals surface area (Å²) in [5.74, 6) is 6.57. The van der Waals surface area contributed by atoms with Gasteiger partial charge in [-0.15, -0.1) is 0 Å². The molecule has 0 heterocycles. The molecule has 5 heteroatoms. The van der Waals surface area contributed by atoms with E-state index in [4.69, 9.17) is 16.2 Å². The van der Waals surface area contributed by atoms with E-state index in [1.54, 1.807) is 12.1 Å². The van der Waals surface area contributed by atoms with E-state index in [0.29, 0.717) is 17.1 Å². The maximum atomic E-state index is 10.1. The normalized spacial score (nSPS) is 9.92. The molecule has 124 valence electrons. The molecule has 3 rings (SSSR count). The van der Waals surface area contributed by atoms with Crippen molar-refractivity contribution in [2.75, 3.05) is 11.5 Å². The van der Waals surface area contributed by atoms with Crippen molar-refractivity contribution in [2.24, 2.45) is 0 Å². The third-order valence-corrected chi connectivity index (χ3v) is 3.46. The van der Waals surface area contributed by atoms with E-state index in [1.807, 2.05) is 30.3 Å². The Hall–Kier alpha value is -3.78. The summed E-state index contributed by atoms with van der Waals surface area (Å²) < 4.78 is 5.69. The Balaban J connectivity index is 1.93. The van der Waals surface area contributed by atoms with E-state index < -0.39 is 0 Å². The summed E-state index contributed by atoms with van der Waals surface area (Å²) in [6.07, 6.45) is 0. The fourth-order valence-electron chi connectivity index (χ4n) is 2.18. The Bertz CT molecular complexity index is 973. The topological polar surface area (TPSA) is 102 Å². The number of anilines is 2. The summed E-state index contributed by atoms with van der Waals surface area (Å²) in [4.78, 5) is 0. The molecular formula is C20H16N2O3. The van der Waals surface area contributed by atoms with E-state index in [2.05, 4.69) is 11.8 Å². The summed E-state index contributed by atoms with van der Waals surface area (Å²) >= 11 is 0. The molecule has 0 fully saturated rings. The van der Waals surface area contributed by atoms with Gasteiger partial charge >= 0.3 is 0 Å². The Morgan fingerprint density at radius 3 is 2.20 bits per heavy atom. The molecule has 25 heavy (non-hydrogen) atoms. The molecule has 0 aliphatic carbocycles. The van der Waals surface area contributed by atoms with Crippen LogP contribution in [0, 0.1) is 11.8 Å². The van der Waals surface area contributed by atoms with Gasteiger partial charge in [0, 0.05) is 23.8 Å². The van der Waals surface area contributed by atoms with Gasteiger partial charge in [-0.3, -0.25) is 0 Å². The van der Waals surface area contributed by atoms with Crippen molar-refractivity contribution >= 4 is 11.4 Å². The van der Waals surface area contributed by atoms with Crippen molar-refractivity contribution < 1.29 is 14.9 Å². The van der Waals surface area contributed by atoms with Crippen LogP contribution in [0.4, 0.5) is 11.4 Å². The van der Waals surface area contributed by atoms with Crippen LogP contribution in [-0.4, -0.2) is 10.2 Å². The lowest BCUT2D eigenvalue weighted by Gasteiger charge is -2.10. The highest BCUT2D eigenvalue weighted by Crippen LogP contribution is 2.34. The molecule has 0 atom stereocenters. The lowest BCUT2D eigenvalue weighted by Crippen LogP contribution is -1.93. The van der Waals surface area contributed by atoms with Gasteiger partial charge in [-0.25, -0.2) is 0 Å². The minimum Gasteiger partial charge on any atom is -0.506 e. The minimum absolute atomic E-state index is 0.0213. The van der Waals surface area contributed by atoms with Crippen LogP contribution in [0.3, 0.4) is 0 Å². The number of aromatic hydroxyl groups is 2. The monoisotopic (exact) mass is 332 g/mol. The van der Waals surface area contributed by atoms with Crippen LogP contribution in [0.2, 0.25) is 0 Å². The number of nitrogen functional groups attached to an aromatic ring is 2. The number of phenols is 2. The largest absolute Gasteiger partial charge is 0.506 e. The minimum atomic E-state index is -0.0963. The average molecular weight is 332 g/mol. The van der Waals surface area contributed by atoms with Gasteiger partial charge in [-0.1, -0.05) is 30.0 Å². The molecule has 0 saturated heterocycles. The smallest absolute Gasteiger partial charge is 0.154 e. The molecule has 0 aromatic heterocycles. The molecule has 0 saturated carbocycles. The Morgan fingerprint density at radius 2 is 1.48 bits per heavy atom. The maximum absolute atomic E-state index is 10.1. The highest BCUT2D eigenvalue weighted by atomic mass is 16.5. The number of rotatable bonds is 2. The number of hydrogen-bond donors (Lipinski definition) is 4. The van der Waals surface area contributed by atoms with Gasteiger partial charge in [0.2, 0.25) is 0 Å². The Labute approximate surface area is 145 Å². The molecule has 6 N–H and O–H groups in total. The van der Waals surface area contributed by atoms with Crippen LogP contribution in [0.15, 0.2) is 60.7 Å². The zero-order chi connectivity index (χ0) is 17.8. The fraction of sp³-hybridized carbons (Fsp3) is 0. The number of ether oxygens (including phenoxy) is 1. The molecule has 0 radical (unpaired) electrons. The highest BCUT2D eigenvalue weighted by molar-refractivity contribution is 5.65. The van der Waals surface area contributed by atoms with Crippen molar-refractivity contribution in [1.82, 2.24) is 0 Å². The predicted molar refractivity (Wildman–Crippen MR) is 97.5 cm³/mol. The lowest BCUT2D eigenvalue weighted by atomic mass is 10.1. The molecule has 0 aliphatic rings. The Kier molecular flexibility index (Phi) is 4.36. The van der Waals surface area contributed by atoms with E-state index >= 15 is 0 Å². The molecule has 0 spiro atoms. The summed E-state index contributed by atoms with van der Waals surface area (Å²) in [5.41, 5.74) is 13.0. The SMILES string of the molecule is Nc1cc(Oc2cc(N)c(O)c(C#Cc3ccccc3)c2)ccc1O. The molecule has 3 aromatic rings. The zero-order valence-electron chi connectivity index (χ0n) is 13.2. The zero-order valence-corrected chi connectivity index (χ0v) is 13.2. The van der Waals surface area contributed by atoms with Gasteiger partial charge in [0.15, 0.2) is 5.75 Å². The predicted octanol–water partition coefficient (Wildman–Crippen LogP) is 3.45. The second-order valence-electron chi connectivity index (χ2n) is 5.35. The first-order valence-corrected chi connectivity index (χ1v) is 7.49. The average Bonchev–Trinajstić information content (AvgIpc) is 2.61. The van der Waals surface area contributed by atoms with E-state index in [1.165, 1.54) is 18.2 Å². The molecule has 3 aromatic carbocycles. The molecular weight excluding hydrogens is 316 g/mol. The summed E-state index contributed by atoms with van der Waals surface area (Å²) in [6, 6.07) is 17.0. The van der Waals surface area contributed by atoms with Gasteiger partial charge in [0.25, 0.3) is 0 Å². The molecule has 5 nitrogen and oxygen atoms in total. The van der Waals surface area contributed by atoms with Crippen molar-refractivity contribution in [3.63, 3.8) is 0 Å². The van der Waals surface area contributed by atoms with Crippen molar-refractivity contribution in [3.8, 4) is 34.8 Å². The fourth-order valence-corrected chi connectivity index (χ4v) is 2.18. The van der Waals surface area contributed by atoms with Crippen LogP contribution in [0.25, 0.3) is 0 Å². The molecule has 0 amide bonds. The summed E-state index contributed by atoms with van der Waals surface area (Å²) in [6.45, 7) is 0. The van der Waals surface area contributed by atoms with E-state index in [9.17, 15) is 10.2 Å². The van der Waals surface area contributed by atoms with Crippen LogP contribution < -0.4 is 16.2 Å². The third kappa shape index (κ3) is 3.77. The van der Waals surface area contributed by atoms with Gasteiger partial charge in [0.1, 0.15) is 17.2 Å². The van der Waals surface area contributed by atoms with Crippen molar-refractivity contribution in [1.29, 1.82) is 0 Å². The van der Waals surface area contributed by atoms with Crippen LogP contribution in [-0.2, 0) is 0 Å². The number of benzene rings is 3. The van der Waals surface area contributed by atoms with Crippen LogP contribution >= 0.6 is 0 Å². The summed E-state index contributed by atoms with van der Waals surface area (Å²) in [7, 11) is 0. The summed E-state index contributed by atoms with van der Waals surface area (Å²) in [5, 5.41) is 19.6. The second-order valence-corrected chi connectivity index (χ2v) is 5.35. The second kappa shape index (κ2) is 6.77. The molecule has 0 bridgehead atoms. The van der Waals surface area contributed by atoms with Gasteiger partial charge in [-0.05, 0) is 24.3 Å². The number of phenolic OH excluding ortho intramolecular Hbond substituents is 2. The van der Waals surface area contributed by atoms with Gasteiger partial charge in [0.05, 0.1) is 16.9 Å². The first kappa shape index (κ1) is 16.1. The van der Waals surface area contributed by atoms with Crippen molar-refractivity contribution in [2.45, 2.75) is 0 Å². The van der Waals surface area contributed by atoms with Crippen LogP contribution in [0.5, 0.6) is 23.0 Å². The quantitative estimate of drug-likeness (QED) is 0.327. The van der Waals surface area contributed by atoms with E-state index in [-0.39, 0.29) is 22.9 Å². The Morgan fingerprint density at radius 1 is 0.760 bits per heavy atom. The van der Waals surface area contributed by atoms with Gasteiger partial charge < -0.3 is 26.4 Å². The maximum Gasteiger partial charge on any atom is 0.154 e. The first-order valence-electron chi connectivity index (χ1n) is 7.49. The van der Waals surface area contributed by atoms with E-state index in [0.717, 1.165) is 5.56 Å². The standard InChI is InChI=1S/C20H16N2O3/c21-17-11-15(8-9-19(17)23)25-16-10-14(20(24)18(22)12-16)7-6-13-4-2-1-3-5-13/h1-5,8-12,23-24H,21-22H2. The number of hydrogen-bond acceptors (Lipinski definition) is 5. The van der Waals surface area contributed by atoms with Gasteiger partial charge in [-0.2, -0.15) is 0 Å². The molecule has 0 aliphatic heterocycles. The van der Waals surface area contributed by atoms with Crippen LogP contribution in [0.1, 0.15) is 11.1 Å². The number of nitrogens with two attached hydrogens (primary N) is 2. The molecule has 0 unspecified atom stereocenters. The first-order chi connectivity index (χ1) is 12.0. The lowest BCUT2D eigenvalue weighted by molar-refractivity contribution is 0.461.